The minimum atomic E-state index is 0.0656. The lowest BCUT2D eigenvalue weighted by Gasteiger charge is -2.35. The number of amides is 1. The van der Waals surface area contributed by atoms with Crippen molar-refractivity contribution in [2.45, 2.75) is 13.8 Å². The Morgan fingerprint density at radius 1 is 1.26 bits per heavy atom. The highest BCUT2D eigenvalue weighted by Crippen LogP contribution is 2.29. The molecule has 0 bridgehead atoms. The normalized spacial score (nSPS) is 15.3. The van der Waals surface area contributed by atoms with E-state index in [1.165, 1.54) is 0 Å². The van der Waals surface area contributed by atoms with Crippen LogP contribution in [0.5, 0.6) is 0 Å². The molecule has 3 rings (SSSR count). The summed E-state index contributed by atoms with van der Waals surface area (Å²) >= 11 is 7.69. The second kappa shape index (κ2) is 6.89. The number of carbonyl (C=O) groups is 1. The van der Waals surface area contributed by atoms with E-state index in [2.05, 4.69) is 10.3 Å². The first-order chi connectivity index (χ1) is 11.0. The molecule has 0 saturated carbocycles. The van der Waals surface area contributed by atoms with Crippen LogP contribution in [-0.2, 0) is 4.79 Å². The third-order valence-electron chi connectivity index (χ3n) is 3.97. The number of rotatable bonds is 3. The molecular weight excluding hydrogens is 330 g/mol. The number of hydrogen-bond acceptors (Lipinski definition) is 4. The van der Waals surface area contributed by atoms with E-state index in [0.29, 0.717) is 0 Å². The third-order valence-corrected chi connectivity index (χ3v) is 5.10. The monoisotopic (exact) mass is 349 g/mol. The lowest BCUT2D eigenvalue weighted by atomic mass is 10.1. The lowest BCUT2D eigenvalue weighted by molar-refractivity contribution is -0.134. The molecule has 1 amide bonds. The third kappa shape index (κ3) is 3.67. The molecule has 2 heterocycles. The van der Waals surface area contributed by atoms with Crippen LogP contribution in [0.25, 0.3) is 11.3 Å². The van der Waals surface area contributed by atoms with Crippen molar-refractivity contribution in [3.8, 4) is 11.3 Å². The summed E-state index contributed by atoms with van der Waals surface area (Å²) in [5.74, 6) is 0.305. The molecule has 6 heteroatoms. The number of anilines is 1. The molecule has 1 fully saturated rings. The molecule has 4 nitrogen and oxygen atoms in total. The van der Waals surface area contributed by atoms with Gasteiger partial charge in [-0.15, -0.1) is 11.3 Å². The number of halogens is 1. The van der Waals surface area contributed by atoms with Crippen molar-refractivity contribution in [1.29, 1.82) is 0 Å². The standard InChI is InChI=1S/C17H20ClN3OS/c1-12(2)16(22)20-6-8-21(9-7-20)17-19-15(11-23-17)13-4-3-5-14(18)10-13/h3-5,10-12H,6-9H2,1-2H3. The second-order valence-corrected chi connectivity index (χ2v) is 7.27. The summed E-state index contributed by atoms with van der Waals surface area (Å²) in [4.78, 5) is 21.0. The molecule has 0 spiro atoms. The van der Waals surface area contributed by atoms with Gasteiger partial charge in [-0.2, -0.15) is 0 Å². The molecule has 0 N–H and O–H groups in total. The summed E-state index contributed by atoms with van der Waals surface area (Å²) in [5, 5.41) is 3.79. The van der Waals surface area contributed by atoms with Crippen LogP contribution >= 0.6 is 22.9 Å². The highest BCUT2D eigenvalue weighted by atomic mass is 35.5. The molecule has 2 aromatic rings. The molecule has 1 aliphatic heterocycles. The van der Waals surface area contributed by atoms with Crippen molar-refractivity contribution in [2.24, 2.45) is 5.92 Å². The molecule has 23 heavy (non-hydrogen) atoms. The van der Waals surface area contributed by atoms with Crippen LogP contribution < -0.4 is 4.90 Å². The summed E-state index contributed by atoms with van der Waals surface area (Å²) in [5.41, 5.74) is 1.99. The molecule has 1 aromatic heterocycles. The van der Waals surface area contributed by atoms with Crippen molar-refractivity contribution >= 4 is 34.0 Å². The Morgan fingerprint density at radius 3 is 2.65 bits per heavy atom. The largest absolute Gasteiger partial charge is 0.345 e. The van der Waals surface area contributed by atoms with Crippen molar-refractivity contribution in [3.63, 3.8) is 0 Å². The smallest absolute Gasteiger partial charge is 0.225 e. The first-order valence-corrected chi connectivity index (χ1v) is 9.05. The zero-order valence-corrected chi connectivity index (χ0v) is 14.9. The van der Waals surface area contributed by atoms with Crippen LogP contribution in [0.4, 0.5) is 5.13 Å². The van der Waals surface area contributed by atoms with E-state index in [0.717, 1.165) is 47.6 Å². The highest BCUT2D eigenvalue weighted by molar-refractivity contribution is 7.14. The Bertz CT molecular complexity index is 693. The van der Waals surface area contributed by atoms with Crippen molar-refractivity contribution in [3.05, 3.63) is 34.7 Å². The van der Waals surface area contributed by atoms with Gasteiger partial charge >= 0.3 is 0 Å². The molecule has 1 aromatic carbocycles. The van der Waals surface area contributed by atoms with Gasteiger partial charge in [0.25, 0.3) is 0 Å². The molecule has 0 unspecified atom stereocenters. The Morgan fingerprint density at radius 2 is 2.00 bits per heavy atom. The fourth-order valence-corrected chi connectivity index (χ4v) is 3.75. The first-order valence-electron chi connectivity index (χ1n) is 7.80. The van der Waals surface area contributed by atoms with Crippen LogP contribution in [0.15, 0.2) is 29.6 Å². The number of thiazole rings is 1. The van der Waals surface area contributed by atoms with Crippen LogP contribution in [0.2, 0.25) is 5.02 Å². The van der Waals surface area contributed by atoms with Gasteiger partial charge < -0.3 is 9.80 Å². The van der Waals surface area contributed by atoms with Crippen LogP contribution in [0.3, 0.4) is 0 Å². The minimum absolute atomic E-state index is 0.0656. The fraction of sp³-hybridized carbons (Fsp3) is 0.412. The van der Waals surface area contributed by atoms with E-state index in [9.17, 15) is 4.79 Å². The zero-order valence-electron chi connectivity index (χ0n) is 13.3. The van der Waals surface area contributed by atoms with Gasteiger partial charge in [-0.3, -0.25) is 4.79 Å². The highest BCUT2D eigenvalue weighted by Gasteiger charge is 2.24. The number of piperazine rings is 1. The van der Waals surface area contributed by atoms with E-state index >= 15 is 0 Å². The van der Waals surface area contributed by atoms with Gasteiger partial charge in [0.05, 0.1) is 5.69 Å². The Labute approximate surface area is 145 Å². The zero-order chi connectivity index (χ0) is 16.4. The van der Waals surface area contributed by atoms with E-state index in [1.807, 2.05) is 43.0 Å². The summed E-state index contributed by atoms with van der Waals surface area (Å²) in [6.45, 7) is 7.10. The number of carbonyl (C=O) groups excluding carboxylic acids is 1. The predicted molar refractivity (Wildman–Crippen MR) is 96.2 cm³/mol. The summed E-state index contributed by atoms with van der Waals surface area (Å²) in [6, 6.07) is 7.75. The van der Waals surface area contributed by atoms with Crippen molar-refractivity contribution in [2.75, 3.05) is 31.1 Å². The summed E-state index contributed by atoms with van der Waals surface area (Å²) in [7, 11) is 0. The summed E-state index contributed by atoms with van der Waals surface area (Å²) < 4.78 is 0. The minimum Gasteiger partial charge on any atom is -0.345 e. The maximum atomic E-state index is 12.0. The van der Waals surface area contributed by atoms with Gasteiger partial charge in [0.1, 0.15) is 0 Å². The molecule has 0 aliphatic carbocycles. The van der Waals surface area contributed by atoms with E-state index in [-0.39, 0.29) is 11.8 Å². The van der Waals surface area contributed by atoms with E-state index < -0.39 is 0 Å². The van der Waals surface area contributed by atoms with E-state index in [1.54, 1.807) is 11.3 Å². The lowest BCUT2D eigenvalue weighted by Crippen LogP contribution is -2.49. The van der Waals surface area contributed by atoms with Crippen LogP contribution in [-0.4, -0.2) is 42.0 Å². The molecule has 122 valence electrons. The number of hydrogen-bond donors (Lipinski definition) is 0. The van der Waals surface area contributed by atoms with Gasteiger partial charge in [0.15, 0.2) is 5.13 Å². The number of aromatic nitrogens is 1. The van der Waals surface area contributed by atoms with Crippen LogP contribution in [0, 0.1) is 5.92 Å². The van der Waals surface area contributed by atoms with Gasteiger partial charge in [-0.25, -0.2) is 4.98 Å². The van der Waals surface area contributed by atoms with Crippen molar-refractivity contribution in [1.82, 2.24) is 9.88 Å². The number of benzene rings is 1. The SMILES string of the molecule is CC(C)C(=O)N1CCN(c2nc(-c3cccc(Cl)c3)cs2)CC1. The summed E-state index contributed by atoms with van der Waals surface area (Å²) in [6.07, 6.45) is 0. The Balaban J connectivity index is 1.67. The predicted octanol–water partition coefficient (Wildman–Crippen LogP) is 3.77. The molecule has 0 radical (unpaired) electrons. The van der Waals surface area contributed by atoms with Crippen LogP contribution in [0.1, 0.15) is 13.8 Å². The Hall–Kier alpha value is -1.59. The second-order valence-electron chi connectivity index (χ2n) is 5.99. The Kier molecular flexibility index (Phi) is 4.87. The maximum Gasteiger partial charge on any atom is 0.225 e. The fourth-order valence-electron chi connectivity index (χ4n) is 2.67. The maximum absolute atomic E-state index is 12.0. The number of nitrogens with zero attached hydrogens (tertiary/aromatic N) is 3. The van der Waals surface area contributed by atoms with E-state index in [4.69, 9.17) is 16.6 Å². The molecule has 1 saturated heterocycles. The molecular formula is C17H20ClN3OS. The molecule has 1 aliphatic rings. The van der Waals surface area contributed by atoms with Gasteiger partial charge in [0.2, 0.25) is 5.91 Å². The van der Waals surface area contributed by atoms with Gasteiger partial charge in [-0.05, 0) is 12.1 Å². The topological polar surface area (TPSA) is 36.4 Å². The van der Waals surface area contributed by atoms with Gasteiger partial charge in [-0.1, -0.05) is 37.6 Å². The van der Waals surface area contributed by atoms with Gasteiger partial charge in [0, 0.05) is 48.1 Å². The first kappa shape index (κ1) is 16.3. The average Bonchev–Trinajstić information content (AvgIpc) is 3.04. The quantitative estimate of drug-likeness (QED) is 0.846. The average molecular weight is 350 g/mol. The van der Waals surface area contributed by atoms with Crippen molar-refractivity contribution < 1.29 is 4.79 Å². The molecule has 0 atom stereocenters.